The van der Waals surface area contributed by atoms with E-state index in [9.17, 15) is 14.3 Å². The van der Waals surface area contributed by atoms with Gasteiger partial charge in [0.25, 0.3) is 0 Å². The van der Waals surface area contributed by atoms with Crippen molar-refractivity contribution in [2.45, 2.75) is 33.6 Å². The largest absolute Gasteiger partial charge is 0.477 e. The number of carboxylic acid groups (broad SMARTS) is 1. The molecule has 160 valence electrons. The summed E-state index contributed by atoms with van der Waals surface area (Å²) in [5, 5.41) is 20.3. The number of carbonyl (C=O) groups is 1. The van der Waals surface area contributed by atoms with E-state index in [0.717, 1.165) is 11.3 Å². The molecule has 1 fully saturated rings. The van der Waals surface area contributed by atoms with E-state index in [1.54, 1.807) is 6.07 Å². The molecular weight excluding hydrogens is 383 g/mol. The van der Waals surface area contributed by atoms with Crippen LogP contribution in [0.4, 0.5) is 21.6 Å². The highest BCUT2D eigenvalue weighted by Gasteiger charge is 2.29. The molecule has 1 aliphatic heterocycles. The van der Waals surface area contributed by atoms with Crippen molar-refractivity contribution in [3.63, 3.8) is 0 Å². The molecule has 3 rings (SSSR count). The van der Waals surface area contributed by atoms with Gasteiger partial charge < -0.3 is 15.4 Å². The molecule has 2 aromatic rings. The number of nitrogens with zero attached hydrogens (tertiary/aromatic N) is 2. The van der Waals surface area contributed by atoms with E-state index in [1.807, 2.05) is 50.4 Å². The quantitative estimate of drug-likeness (QED) is 0.475. The van der Waals surface area contributed by atoms with Crippen molar-refractivity contribution in [2.24, 2.45) is 11.8 Å². The van der Waals surface area contributed by atoms with Gasteiger partial charge in [0.2, 0.25) is 5.82 Å². The lowest BCUT2D eigenvalue weighted by Gasteiger charge is -2.34. The topological polar surface area (TPSA) is 93.9 Å². The van der Waals surface area contributed by atoms with Gasteiger partial charge in [-0.05, 0) is 49.3 Å². The first kappa shape index (κ1) is 21.9. The van der Waals surface area contributed by atoms with Gasteiger partial charge in [-0.2, -0.15) is 4.98 Å². The average molecular weight is 414 g/mol. The van der Waals surface area contributed by atoms with Gasteiger partial charge >= 0.3 is 5.97 Å². The summed E-state index contributed by atoms with van der Waals surface area (Å²) in [4.78, 5) is 18.3. The van der Waals surface area contributed by atoms with Crippen LogP contribution in [0, 0.1) is 24.2 Å². The third-order valence-corrected chi connectivity index (χ3v) is 5.61. The summed E-state index contributed by atoms with van der Waals surface area (Å²) in [5.74, 6) is -0.610. The smallest absolute Gasteiger partial charge is 0.354 e. The van der Waals surface area contributed by atoms with E-state index >= 15 is 0 Å². The van der Waals surface area contributed by atoms with Crippen molar-refractivity contribution < 1.29 is 19.6 Å². The highest BCUT2D eigenvalue weighted by atomic mass is 19.1. The summed E-state index contributed by atoms with van der Waals surface area (Å²) in [6.45, 7) is 6.84. The lowest BCUT2D eigenvalue weighted by Crippen LogP contribution is -2.72. The van der Waals surface area contributed by atoms with Gasteiger partial charge in [0.15, 0.2) is 5.69 Å². The van der Waals surface area contributed by atoms with E-state index in [2.05, 4.69) is 9.88 Å². The van der Waals surface area contributed by atoms with Crippen LogP contribution in [0.1, 0.15) is 48.3 Å². The number of pyridine rings is 1. The number of nitrogens with two attached hydrogens (primary N) is 1. The molecule has 2 heterocycles. The number of aromatic nitrogens is 1. The number of alkyl halides is 1. The molecule has 1 aliphatic rings. The number of anilines is 1. The SMILES string of the molecule is Cc1cccc([NH2+]c2nc(C(=O)O)cc(N3CCC(CF)CC3)c2C(=N)C(C)C)c1. The molecule has 0 spiro atoms. The van der Waals surface area contributed by atoms with Crippen LogP contribution in [-0.2, 0) is 0 Å². The molecule has 7 heteroatoms. The normalized spacial score (nSPS) is 14.9. The molecule has 0 atom stereocenters. The number of nitrogens with one attached hydrogen (secondary N) is 1. The number of hydrogen-bond donors (Lipinski definition) is 3. The summed E-state index contributed by atoms with van der Waals surface area (Å²) in [5.41, 5.74) is 3.74. The number of benzene rings is 1. The van der Waals surface area contributed by atoms with Crippen molar-refractivity contribution >= 4 is 28.9 Å². The standard InChI is InChI=1S/C23H29FN4O2/c1-14(2)21(25)20-19(28-9-7-16(13-24)8-10-28)12-18(23(29)30)27-22(20)26-17-6-4-5-15(3)11-17/h4-6,11-12,14,16,25H,7-10,13H2,1-3H3,(H,26,27)(H,29,30)/p+1. The second-order valence-electron chi connectivity index (χ2n) is 8.30. The number of rotatable bonds is 7. The number of quaternary nitrogens is 1. The zero-order chi connectivity index (χ0) is 21.8. The molecular formula is C23H30FN4O2+. The first-order valence-electron chi connectivity index (χ1n) is 10.4. The summed E-state index contributed by atoms with van der Waals surface area (Å²) >= 11 is 0. The Morgan fingerprint density at radius 1 is 1.33 bits per heavy atom. The number of piperidine rings is 1. The van der Waals surface area contributed by atoms with Crippen LogP contribution in [0.3, 0.4) is 0 Å². The highest BCUT2D eigenvalue weighted by molar-refractivity contribution is 6.08. The molecule has 0 radical (unpaired) electrons. The Morgan fingerprint density at radius 2 is 2.03 bits per heavy atom. The second-order valence-corrected chi connectivity index (χ2v) is 8.30. The molecule has 1 aromatic heterocycles. The lowest BCUT2D eigenvalue weighted by molar-refractivity contribution is -0.483. The Bertz CT molecular complexity index is 937. The summed E-state index contributed by atoms with van der Waals surface area (Å²) in [7, 11) is 0. The highest BCUT2D eigenvalue weighted by Crippen LogP contribution is 2.32. The molecule has 0 unspecified atom stereocenters. The van der Waals surface area contributed by atoms with Crippen molar-refractivity contribution in [3.05, 3.63) is 47.2 Å². The van der Waals surface area contributed by atoms with Gasteiger partial charge in [0, 0.05) is 19.2 Å². The molecule has 0 amide bonds. The minimum absolute atomic E-state index is 0.0446. The van der Waals surface area contributed by atoms with Crippen LogP contribution in [0.2, 0.25) is 0 Å². The van der Waals surface area contributed by atoms with Crippen molar-refractivity contribution in [2.75, 3.05) is 24.7 Å². The Kier molecular flexibility index (Phi) is 6.82. The Balaban J connectivity index is 2.12. The van der Waals surface area contributed by atoms with Crippen molar-refractivity contribution in [3.8, 4) is 0 Å². The van der Waals surface area contributed by atoms with E-state index in [4.69, 9.17) is 5.41 Å². The predicted octanol–water partition coefficient (Wildman–Crippen LogP) is 3.82. The summed E-state index contributed by atoms with van der Waals surface area (Å²) < 4.78 is 13.1. The molecule has 1 saturated heterocycles. The maximum atomic E-state index is 13.1. The fourth-order valence-corrected chi connectivity index (χ4v) is 3.82. The average Bonchev–Trinajstić information content (AvgIpc) is 2.72. The van der Waals surface area contributed by atoms with Gasteiger partial charge in [-0.1, -0.05) is 26.0 Å². The van der Waals surface area contributed by atoms with E-state index < -0.39 is 5.97 Å². The van der Waals surface area contributed by atoms with Crippen molar-refractivity contribution in [1.82, 2.24) is 4.98 Å². The van der Waals surface area contributed by atoms with Crippen molar-refractivity contribution in [1.29, 1.82) is 5.41 Å². The third-order valence-electron chi connectivity index (χ3n) is 5.61. The molecule has 0 bridgehead atoms. The van der Waals surface area contributed by atoms with Crippen LogP contribution >= 0.6 is 0 Å². The zero-order valence-electron chi connectivity index (χ0n) is 17.8. The molecule has 1 aromatic carbocycles. The minimum atomic E-state index is -1.10. The van der Waals surface area contributed by atoms with Gasteiger partial charge in [-0.25, -0.2) is 4.79 Å². The summed E-state index contributed by atoms with van der Waals surface area (Å²) in [6, 6.07) is 9.45. The van der Waals surface area contributed by atoms with E-state index in [0.29, 0.717) is 48.7 Å². The number of carboxylic acids is 1. The lowest BCUT2D eigenvalue weighted by atomic mass is 9.94. The minimum Gasteiger partial charge on any atom is -0.477 e. The molecule has 30 heavy (non-hydrogen) atoms. The maximum Gasteiger partial charge on any atom is 0.354 e. The number of halogens is 1. The molecule has 4 N–H and O–H groups in total. The Labute approximate surface area is 176 Å². The van der Waals surface area contributed by atoms with Crippen LogP contribution in [0.25, 0.3) is 0 Å². The van der Waals surface area contributed by atoms with Crippen LogP contribution in [0.15, 0.2) is 30.3 Å². The molecule has 6 nitrogen and oxygen atoms in total. The molecule has 0 aliphatic carbocycles. The predicted molar refractivity (Wildman–Crippen MR) is 116 cm³/mol. The van der Waals surface area contributed by atoms with Crippen LogP contribution < -0.4 is 10.2 Å². The summed E-state index contributed by atoms with van der Waals surface area (Å²) in [6.07, 6.45) is 1.43. The third kappa shape index (κ3) is 4.84. The first-order valence-corrected chi connectivity index (χ1v) is 10.4. The monoisotopic (exact) mass is 413 g/mol. The number of aromatic carboxylic acids is 1. The molecule has 0 saturated carbocycles. The zero-order valence-corrected chi connectivity index (χ0v) is 17.8. The first-order chi connectivity index (χ1) is 14.3. The number of hydrogen-bond acceptors (Lipinski definition) is 4. The van der Waals surface area contributed by atoms with Crippen LogP contribution in [-0.4, -0.2) is 41.5 Å². The Morgan fingerprint density at radius 3 is 2.60 bits per heavy atom. The van der Waals surface area contributed by atoms with Gasteiger partial charge in [0.1, 0.15) is 11.3 Å². The van der Waals surface area contributed by atoms with Gasteiger partial charge in [0.05, 0.1) is 18.1 Å². The van der Waals surface area contributed by atoms with E-state index in [-0.39, 0.29) is 24.2 Å². The number of aryl methyl sites for hydroxylation is 1. The maximum absolute atomic E-state index is 13.1. The fourth-order valence-electron chi connectivity index (χ4n) is 3.82. The second kappa shape index (κ2) is 9.34. The van der Waals surface area contributed by atoms with Gasteiger partial charge in [-0.15, -0.1) is 0 Å². The van der Waals surface area contributed by atoms with E-state index in [1.165, 1.54) is 0 Å². The fraction of sp³-hybridized carbons (Fsp3) is 0.435. The van der Waals surface area contributed by atoms with Gasteiger partial charge in [-0.3, -0.25) is 9.71 Å². The van der Waals surface area contributed by atoms with Crippen LogP contribution in [0.5, 0.6) is 0 Å². The Hall–Kier alpha value is -2.80.